The molecule has 2 aromatic carbocycles. The quantitative estimate of drug-likeness (QED) is 0.775. The number of aryl methyl sites for hydroxylation is 1. The molecule has 1 heterocycles. The number of carboxylic acids is 1. The Labute approximate surface area is 126 Å². The molecule has 0 radical (unpaired) electrons. The molecule has 0 unspecified atom stereocenters. The van der Waals surface area contributed by atoms with E-state index in [0.717, 1.165) is 21.7 Å². The molecule has 0 spiro atoms. The summed E-state index contributed by atoms with van der Waals surface area (Å²) in [6.07, 6.45) is 0. The van der Waals surface area contributed by atoms with E-state index >= 15 is 0 Å². The second-order valence-electron chi connectivity index (χ2n) is 4.68. The molecular weight excluding hydrogens is 282 g/mol. The lowest BCUT2D eigenvalue weighted by Gasteiger charge is -2.00. The second kappa shape index (κ2) is 5.50. The van der Waals surface area contributed by atoms with E-state index in [9.17, 15) is 9.90 Å². The molecule has 0 amide bonds. The van der Waals surface area contributed by atoms with Gasteiger partial charge in [0.1, 0.15) is 9.88 Å². The number of rotatable bonds is 3. The average Bonchev–Trinajstić information content (AvgIpc) is 2.94. The molecule has 1 N–H and O–H groups in total. The molecule has 0 aliphatic rings. The predicted molar refractivity (Wildman–Crippen MR) is 84.7 cm³/mol. The number of aromatic carboxylic acids is 1. The van der Waals surface area contributed by atoms with Crippen molar-refractivity contribution in [1.82, 2.24) is 4.98 Å². The number of benzene rings is 2. The van der Waals surface area contributed by atoms with Crippen LogP contribution in [-0.4, -0.2) is 16.1 Å². The van der Waals surface area contributed by atoms with E-state index in [1.165, 1.54) is 11.3 Å². The standard InChI is InChI=1S/C17H13NO2S/c1-11-7-5-6-10-13(11)16-18-14(15(21-16)17(19)20)12-8-3-2-4-9-12/h2-10H,1H3,(H,19,20). The zero-order valence-corrected chi connectivity index (χ0v) is 12.2. The summed E-state index contributed by atoms with van der Waals surface area (Å²) < 4.78 is 0. The summed E-state index contributed by atoms with van der Waals surface area (Å²) in [6.45, 7) is 2.00. The molecular formula is C17H13NO2S. The van der Waals surface area contributed by atoms with Crippen molar-refractivity contribution in [2.24, 2.45) is 0 Å². The summed E-state index contributed by atoms with van der Waals surface area (Å²) in [5.74, 6) is -0.939. The fourth-order valence-electron chi connectivity index (χ4n) is 2.18. The van der Waals surface area contributed by atoms with Gasteiger partial charge in [0.25, 0.3) is 0 Å². The first-order valence-corrected chi connectivity index (χ1v) is 7.34. The van der Waals surface area contributed by atoms with Crippen LogP contribution in [0.3, 0.4) is 0 Å². The maximum atomic E-state index is 11.5. The normalized spacial score (nSPS) is 10.5. The zero-order chi connectivity index (χ0) is 14.8. The molecule has 0 aliphatic heterocycles. The molecule has 0 fully saturated rings. The Hall–Kier alpha value is -2.46. The fraction of sp³-hybridized carbons (Fsp3) is 0.0588. The lowest BCUT2D eigenvalue weighted by atomic mass is 10.1. The van der Waals surface area contributed by atoms with Crippen molar-refractivity contribution in [2.75, 3.05) is 0 Å². The second-order valence-corrected chi connectivity index (χ2v) is 5.68. The lowest BCUT2D eigenvalue weighted by molar-refractivity contribution is 0.0702. The highest BCUT2D eigenvalue weighted by Crippen LogP contribution is 2.35. The van der Waals surface area contributed by atoms with Crippen molar-refractivity contribution >= 4 is 17.3 Å². The molecule has 104 valence electrons. The van der Waals surface area contributed by atoms with Gasteiger partial charge in [0.05, 0.1) is 5.69 Å². The van der Waals surface area contributed by atoms with Gasteiger partial charge in [0, 0.05) is 11.1 Å². The van der Waals surface area contributed by atoms with Crippen LogP contribution in [0.4, 0.5) is 0 Å². The van der Waals surface area contributed by atoms with E-state index in [0.29, 0.717) is 5.69 Å². The van der Waals surface area contributed by atoms with Crippen LogP contribution in [0.2, 0.25) is 0 Å². The fourth-order valence-corrected chi connectivity index (χ4v) is 3.20. The Kier molecular flexibility index (Phi) is 3.54. The minimum Gasteiger partial charge on any atom is -0.477 e. The summed E-state index contributed by atoms with van der Waals surface area (Å²) in [7, 11) is 0. The van der Waals surface area contributed by atoms with Gasteiger partial charge >= 0.3 is 5.97 Å². The SMILES string of the molecule is Cc1ccccc1-c1nc(-c2ccccc2)c(C(=O)O)s1. The van der Waals surface area contributed by atoms with E-state index in [1.54, 1.807) is 0 Å². The Morgan fingerprint density at radius 1 is 1.05 bits per heavy atom. The van der Waals surface area contributed by atoms with Gasteiger partial charge in [0.2, 0.25) is 0 Å². The number of nitrogens with zero attached hydrogens (tertiary/aromatic N) is 1. The Morgan fingerprint density at radius 2 is 1.71 bits per heavy atom. The lowest BCUT2D eigenvalue weighted by Crippen LogP contribution is -1.95. The smallest absolute Gasteiger partial charge is 0.348 e. The topological polar surface area (TPSA) is 50.2 Å². The van der Waals surface area contributed by atoms with E-state index in [-0.39, 0.29) is 4.88 Å². The third-order valence-corrected chi connectivity index (χ3v) is 4.32. The maximum Gasteiger partial charge on any atom is 0.348 e. The minimum atomic E-state index is -0.939. The van der Waals surface area contributed by atoms with Crippen LogP contribution in [0, 0.1) is 6.92 Å². The van der Waals surface area contributed by atoms with Gasteiger partial charge in [-0.1, -0.05) is 54.6 Å². The highest BCUT2D eigenvalue weighted by atomic mass is 32.1. The largest absolute Gasteiger partial charge is 0.477 e. The van der Waals surface area contributed by atoms with Crippen molar-refractivity contribution in [1.29, 1.82) is 0 Å². The molecule has 0 aliphatic carbocycles. The number of thiazole rings is 1. The van der Waals surface area contributed by atoms with Crippen LogP contribution in [0.5, 0.6) is 0 Å². The molecule has 1 aromatic heterocycles. The maximum absolute atomic E-state index is 11.5. The highest BCUT2D eigenvalue weighted by Gasteiger charge is 2.19. The van der Waals surface area contributed by atoms with Gasteiger partial charge in [-0.25, -0.2) is 9.78 Å². The number of hydrogen-bond donors (Lipinski definition) is 1. The van der Waals surface area contributed by atoms with Crippen LogP contribution >= 0.6 is 11.3 Å². The Balaban J connectivity index is 2.18. The first kappa shape index (κ1) is 13.5. The molecule has 3 aromatic rings. The van der Waals surface area contributed by atoms with Gasteiger partial charge in [0.15, 0.2) is 0 Å². The van der Waals surface area contributed by atoms with Gasteiger partial charge in [-0.3, -0.25) is 0 Å². The van der Waals surface area contributed by atoms with Gasteiger partial charge in [-0.15, -0.1) is 11.3 Å². The monoisotopic (exact) mass is 295 g/mol. The van der Waals surface area contributed by atoms with Gasteiger partial charge in [-0.05, 0) is 12.5 Å². The first-order chi connectivity index (χ1) is 10.2. The van der Waals surface area contributed by atoms with E-state index < -0.39 is 5.97 Å². The predicted octanol–water partition coefficient (Wildman–Crippen LogP) is 4.48. The molecule has 4 heteroatoms. The van der Waals surface area contributed by atoms with Gasteiger partial charge in [-0.2, -0.15) is 0 Å². The Bertz CT molecular complexity index is 794. The van der Waals surface area contributed by atoms with Crippen LogP contribution in [-0.2, 0) is 0 Å². The third-order valence-electron chi connectivity index (χ3n) is 3.24. The zero-order valence-electron chi connectivity index (χ0n) is 11.4. The van der Waals surface area contributed by atoms with Gasteiger partial charge < -0.3 is 5.11 Å². The van der Waals surface area contributed by atoms with Crippen LogP contribution in [0.1, 0.15) is 15.2 Å². The van der Waals surface area contributed by atoms with E-state index in [1.807, 2.05) is 61.5 Å². The van der Waals surface area contributed by atoms with Crippen molar-refractivity contribution in [3.8, 4) is 21.8 Å². The average molecular weight is 295 g/mol. The highest BCUT2D eigenvalue weighted by molar-refractivity contribution is 7.17. The summed E-state index contributed by atoms with van der Waals surface area (Å²) in [6, 6.07) is 17.3. The van der Waals surface area contributed by atoms with Crippen molar-refractivity contribution in [3.05, 3.63) is 65.0 Å². The third kappa shape index (κ3) is 2.58. The Morgan fingerprint density at radius 3 is 2.38 bits per heavy atom. The molecule has 21 heavy (non-hydrogen) atoms. The summed E-state index contributed by atoms with van der Waals surface area (Å²) in [5.41, 5.74) is 3.42. The van der Waals surface area contributed by atoms with Crippen molar-refractivity contribution < 1.29 is 9.90 Å². The molecule has 0 saturated heterocycles. The van der Waals surface area contributed by atoms with E-state index in [4.69, 9.17) is 0 Å². The van der Waals surface area contributed by atoms with Crippen molar-refractivity contribution in [2.45, 2.75) is 6.92 Å². The molecule has 0 bridgehead atoms. The van der Waals surface area contributed by atoms with Crippen LogP contribution in [0.15, 0.2) is 54.6 Å². The van der Waals surface area contributed by atoms with Crippen LogP contribution < -0.4 is 0 Å². The van der Waals surface area contributed by atoms with Crippen molar-refractivity contribution in [3.63, 3.8) is 0 Å². The van der Waals surface area contributed by atoms with Crippen LogP contribution in [0.25, 0.3) is 21.8 Å². The van der Waals surface area contributed by atoms with E-state index in [2.05, 4.69) is 4.98 Å². The number of carbonyl (C=O) groups is 1. The molecule has 3 rings (SSSR count). The minimum absolute atomic E-state index is 0.277. The number of aromatic nitrogens is 1. The number of hydrogen-bond acceptors (Lipinski definition) is 3. The molecule has 0 atom stereocenters. The number of carboxylic acid groups (broad SMARTS) is 1. The summed E-state index contributed by atoms with van der Waals surface area (Å²) >= 11 is 1.22. The molecule has 0 saturated carbocycles. The molecule has 3 nitrogen and oxygen atoms in total. The summed E-state index contributed by atoms with van der Waals surface area (Å²) in [4.78, 5) is 16.3. The first-order valence-electron chi connectivity index (χ1n) is 6.52. The summed E-state index contributed by atoms with van der Waals surface area (Å²) in [5, 5.41) is 10.2.